The van der Waals surface area contributed by atoms with Gasteiger partial charge >= 0.3 is 6.18 Å². The minimum Gasteiger partial charge on any atom is -0.273 e. The Labute approximate surface area is 98.4 Å². The van der Waals surface area contributed by atoms with Crippen LogP contribution in [0.2, 0.25) is 0 Å². The maximum absolute atomic E-state index is 13.4. The van der Waals surface area contributed by atoms with Gasteiger partial charge in [-0.1, -0.05) is 6.07 Å². The number of alkyl halides is 3. The Kier molecular flexibility index (Phi) is 2.84. The smallest absolute Gasteiger partial charge is 0.273 e. The van der Waals surface area contributed by atoms with Gasteiger partial charge in [-0.25, -0.2) is 8.78 Å². The third kappa shape index (κ3) is 1.96. The summed E-state index contributed by atoms with van der Waals surface area (Å²) in [7, 11) is 0. The third-order valence-electron chi connectivity index (χ3n) is 2.49. The Morgan fingerprint density at radius 3 is 2.11 bits per heavy atom. The summed E-state index contributed by atoms with van der Waals surface area (Å²) >= 11 is 0. The van der Waals surface area contributed by atoms with Gasteiger partial charge in [0.25, 0.3) is 0 Å². The van der Waals surface area contributed by atoms with Crippen LogP contribution in [0.1, 0.15) is 11.3 Å². The highest BCUT2D eigenvalue weighted by molar-refractivity contribution is 5.65. The summed E-state index contributed by atoms with van der Waals surface area (Å²) in [5.41, 5.74) is -2.40. The van der Waals surface area contributed by atoms with Crippen molar-refractivity contribution in [2.24, 2.45) is 0 Å². The Morgan fingerprint density at radius 1 is 1.11 bits per heavy atom. The van der Waals surface area contributed by atoms with E-state index in [1.54, 1.807) is 5.10 Å². The van der Waals surface area contributed by atoms with Crippen molar-refractivity contribution in [2.75, 3.05) is 0 Å². The van der Waals surface area contributed by atoms with E-state index in [0.717, 1.165) is 25.1 Å². The minimum absolute atomic E-state index is 0.341. The predicted octanol–water partition coefficient (Wildman–Crippen LogP) is 3.68. The molecule has 0 aliphatic carbocycles. The molecule has 0 spiro atoms. The number of aromatic nitrogens is 2. The van der Waals surface area contributed by atoms with Gasteiger partial charge in [0, 0.05) is 5.56 Å². The highest BCUT2D eigenvalue weighted by atomic mass is 19.4. The molecule has 96 valence electrons. The molecule has 1 aromatic heterocycles. The SMILES string of the molecule is Cc1c(-c2c(F)cccc2F)n[nH]c1C(F)(F)F. The fraction of sp³-hybridized carbons (Fsp3) is 0.182. The summed E-state index contributed by atoms with van der Waals surface area (Å²) < 4.78 is 64.5. The van der Waals surface area contributed by atoms with E-state index in [1.807, 2.05) is 0 Å². The molecule has 1 N–H and O–H groups in total. The lowest BCUT2D eigenvalue weighted by molar-refractivity contribution is -0.141. The number of nitrogens with zero attached hydrogens (tertiary/aromatic N) is 1. The second kappa shape index (κ2) is 4.08. The van der Waals surface area contributed by atoms with E-state index in [1.165, 1.54) is 0 Å². The summed E-state index contributed by atoms with van der Waals surface area (Å²) in [6.07, 6.45) is -4.64. The van der Waals surface area contributed by atoms with Crippen molar-refractivity contribution < 1.29 is 22.0 Å². The van der Waals surface area contributed by atoms with Crippen LogP contribution in [-0.4, -0.2) is 10.2 Å². The van der Waals surface area contributed by atoms with E-state index in [0.29, 0.717) is 0 Å². The van der Waals surface area contributed by atoms with Crippen molar-refractivity contribution in [1.82, 2.24) is 10.2 Å². The summed E-state index contributed by atoms with van der Waals surface area (Å²) in [4.78, 5) is 0. The van der Waals surface area contributed by atoms with Crippen LogP contribution in [-0.2, 0) is 6.18 Å². The number of hydrogen-bond acceptors (Lipinski definition) is 1. The number of H-pyrrole nitrogens is 1. The Bertz CT molecular complexity index is 565. The molecule has 0 saturated heterocycles. The zero-order chi connectivity index (χ0) is 13.5. The van der Waals surface area contributed by atoms with Gasteiger partial charge in [0.2, 0.25) is 0 Å². The molecule has 0 bridgehead atoms. The van der Waals surface area contributed by atoms with Crippen LogP contribution in [0.5, 0.6) is 0 Å². The molecule has 1 heterocycles. The van der Waals surface area contributed by atoms with Crippen LogP contribution >= 0.6 is 0 Å². The molecule has 0 amide bonds. The molecule has 2 aromatic rings. The van der Waals surface area contributed by atoms with Crippen molar-refractivity contribution in [2.45, 2.75) is 13.1 Å². The molecular formula is C11H7F5N2. The van der Waals surface area contributed by atoms with Gasteiger partial charge in [-0.3, -0.25) is 5.10 Å². The van der Waals surface area contributed by atoms with Crippen molar-refractivity contribution in [3.63, 3.8) is 0 Å². The topological polar surface area (TPSA) is 28.7 Å². The highest BCUT2D eigenvalue weighted by Gasteiger charge is 2.36. The molecule has 0 unspecified atom stereocenters. The summed E-state index contributed by atoms with van der Waals surface area (Å²) in [5.74, 6) is -1.92. The van der Waals surface area contributed by atoms with Gasteiger partial charge in [0.1, 0.15) is 23.0 Å². The lowest BCUT2D eigenvalue weighted by Gasteiger charge is -2.05. The molecule has 0 aliphatic heterocycles. The highest BCUT2D eigenvalue weighted by Crippen LogP contribution is 2.35. The molecular weight excluding hydrogens is 255 g/mol. The fourth-order valence-corrected chi connectivity index (χ4v) is 1.64. The Morgan fingerprint density at radius 2 is 1.67 bits per heavy atom. The zero-order valence-corrected chi connectivity index (χ0v) is 9.07. The average molecular weight is 262 g/mol. The third-order valence-corrected chi connectivity index (χ3v) is 2.49. The first kappa shape index (κ1) is 12.5. The minimum atomic E-state index is -4.64. The molecule has 0 saturated carbocycles. The maximum Gasteiger partial charge on any atom is 0.433 e. The van der Waals surface area contributed by atoms with Gasteiger partial charge in [-0.05, 0) is 19.1 Å². The van der Waals surface area contributed by atoms with E-state index >= 15 is 0 Å². The van der Waals surface area contributed by atoms with Crippen LogP contribution in [0.15, 0.2) is 18.2 Å². The van der Waals surface area contributed by atoms with Crippen molar-refractivity contribution >= 4 is 0 Å². The quantitative estimate of drug-likeness (QED) is 0.780. The first-order valence-corrected chi connectivity index (χ1v) is 4.89. The molecule has 0 radical (unpaired) electrons. The second-order valence-corrected chi connectivity index (χ2v) is 3.67. The van der Waals surface area contributed by atoms with E-state index in [2.05, 4.69) is 5.10 Å². The Hall–Kier alpha value is -1.92. The molecule has 7 heteroatoms. The molecule has 18 heavy (non-hydrogen) atoms. The van der Waals surface area contributed by atoms with E-state index in [-0.39, 0.29) is 11.3 Å². The summed E-state index contributed by atoms with van der Waals surface area (Å²) in [5, 5.41) is 5.11. The van der Waals surface area contributed by atoms with Crippen LogP contribution in [0.4, 0.5) is 22.0 Å². The lowest BCUT2D eigenvalue weighted by Crippen LogP contribution is -2.07. The van der Waals surface area contributed by atoms with Crippen LogP contribution in [0, 0.1) is 18.6 Å². The maximum atomic E-state index is 13.4. The van der Waals surface area contributed by atoms with Gasteiger partial charge < -0.3 is 0 Å². The van der Waals surface area contributed by atoms with E-state index < -0.39 is 29.1 Å². The predicted molar refractivity (Wildman–Crippen MR) is 53.7 cm³/mol. The molecule has 0 fully saturated rings. The van der Waals surface area contributed by atoms with Crippen LogP contribution in [0.3, 0.4) is 0 Å². The fourth-order valence-electron chi connectivity index (χ4n) is 1.64. The molecule has 2 nitrogen and oxygen atoms in total. The molecule has 0 aliphatic rings. The van der Waals surface area contributed by atoms with Gasteiger partial charge in [-0.15, -0.1) is 0 Å². The van der Waals surface area contributed by atoms with Crippen LogP contribution < -0.4 is 0 Å². The van der Waals surface area contributed by atoms with E-state index in [9.17, 15) is 22.0 Å². The van der Waals surface area contributed by atoms with Gasteiger partial charge in [0.15, 0.2) is 0 Å². The van der Waals surface area contributed by atoms with Gasteiger partial charge in [-0.2, -0.15) is 18.3 Å². The van der Waals surface area contributed by atoms with Crippen molar-refractivity contribution in [1.29, 1.82) is 0 Å². The molecule has 0 atom stereocenters. The number of aromatic amines is 1. The first-order chi connectivity index (χ1) is 8.32. The number of halogens is 5. The number of nitrogens with one attached hydrogen (secondary N) is 1. The Balaban J connectivity index is 2.64. The standard InChI is InChI=1S/C11H7F5N2/c1-5-9(17-18-10(5)11(14,15)16)8-6(12)3-2-4-7(8)13/h2-4H,1H3,(H,17,18). The molecule has 1 aromatic carbocycles. The second-order valence-electron chi connectivity index (χ2n) is 3.67. The number of benzene rings is 1. The van der Waals surface area contributed by atoms with Crippen LogP contribution in [0.25, 0.3) is 11.3 Å². The summed E-state index contributed by atoms with van der Waals surface area (Å²) in [6.45, 7) is 1.10. The van der Waals surface area contributed by atoms with Gasteiger partial charge in [0.05, 0.1) is 5.56 Å². The normalized spacial score (nSPS) is 11.9. The zero-order valence-electron chi connectivity index (χ0n) is 9.07. The summed E-state index contributed by atoms with van der Waals surface area (Å²) in [6, 6.07) is 3.04. The molecule has 2 rings (SSSR count). The van der Waals surface area contributed by atoms with Crippen molar-refractivity contribution in [3.05, 3.63) is 41.1 Å². The number of hydrogen-bond donors (Lipinski definition) is 1. The monoisotopic (exact) mass is 262 g/mol. The van der Waals surface area contributed by atoms with Crippen molar-refractivity contribution in [3.8, 4) is 11.3 Å². The largest absolute Gasteiger partial charge is 0.433 e. The van der Waals surface area contributed by atoms with E-state index in [4.69, 9.17) is 0 Å². The first-order valence-electron chi connectivity index (χ1n) is 4.89. The number of rotatable bonds is 1. The lowest BCUT2D eigenvalue weighted by atomic mass is 10.1. The average Bonchev–Trinajstić information content (AvgIpc) is 2.60.